The normalized spacial score (nSPS) is 14.2. The van der Waals surface area contributed by atoms with Crippen LogP contribution in [-0.2, 0) is 65.4 Å². The van der Waals surface area contributed by atoms with Crippen LogP contribution in [0.4, 0.5) is 0 Å². The van der Waals surface area contributed by atoms with Gasteiger partial charge in [0.15, 0.2) is 12.2 Å². The molecule has 0 radical (unpaired) electrons. The highest BCUT2D eigenvalue weighted by molar-refractivity contribution is 7.47. The Labute approximate surface area is 572 Å². The van der Waals surface area contributed by atoms with Crippen LogP contribution in [0.25, 0.3) is 0 Å². The number of hydrogen-bond acceptors (Lipinski definition) is 15. The first kappa shape index (κ1) is 91.0. The Bertz CT molecular complexity index is 1980. The van der Waals surface area contributed by atoms with Crippen LogP contribution in [-0.4, -0.2) is 96.7 Å². The lowest BCUT2D eigenvalue weighted by Gasteiger charge is -2.21. The minimum Gasteiger partial charge on any atom is -0.462 e. The molecule has 0 heterocycles. The van der Waals surface area contributed by atoms with Crippen LogP contribution in [0.3, 0.4) is 0 Å². The van der Waals surface area contributed by atoms with Gasteiger partial charge < -0.3 is 33.8 Å². The second kappa shape index (κ2) is 68.5. The van der Waals surface area contributed by atoms with E-state index in [1.54, 1.807) is 0 Å². The summed E-state index contributed by atoms with van der Waals surface area (Å²) in [6.07, 6.45) is 63.8. The second-order valence-electron chi connectivity index (χ2n) is 25.6. The molecule has 3 N–H and O–H groups in total. The highest BCUT2D eigenvalue weighted by Crippen LogP contribution is 2.45. The number of esters is 4. The quantitative estimate of drug-likeness (QED) is 0.0169. The molecule has 2 unspecified atom stereocenters. The van der Waals surface area contributed by atoms with Crippen LogP contribution in [0.1, 0.15) is 349 Å². The molecule has 0 aliphatic carbocycles. The van der Waals surface area contributed by atoms with Gasteiger partial charge in [0, 0.05) is 25.7 Å². The lowest BCUT2D eigenvalue weighted by atomic mass is 10.0. The third-order valence-corrected chi connectivity index (χ3v) is 18.2. The van der Waals surface area contributed by atoms with Crippen LogP contribution in [0.5, 0.6) is 0 Å². The van der Waals surface area contributed by atoms with Crippen molar-refractivity contribution in [3.05, 3.63) is 48.6 Å². The van der Waals surface area contributed by atoms with Gasteiger partial charge in [-0.15, -0.1) is 0 Å². The van der Waals surface area contributed by atoms with Crippen molar-refractivity contribution in [1.29, 1.82) is 0 Å². The number of rotatable bonds is 72. The summed E-state index contributed by atoms with van der Waals surface area (Å²) >= 11 is 0. The first-order valence-corrected chi connectivity index (χ1v) is 40.9. The molecule has 94 heavy (non-hydrogen) atoms. The predicted molar refractivity (Wildman–Crippen MR) is 381 cm³/mol. The lowest BCUT2D eigenvalue weighted by Crippen LogP contribution is -2.30. The molecule has 0 fully saturated rings. The summed E-state index contributed by atoms with van der Waals surface area (Å²) in [5.41, 5.74) is 0. The number of carbonyl (C=O) groups is 4. The van der Waals surface area contributed by atoms with E-state index in [-0.39, 0.29) is 25.7 Å². The maximum atomic E-state index is 13.0. The van der Waals surface area contributed by atoms with Gasteiger partial charge in [0.1, 0.15) is 19.3 Å². The van der Waals surface area contributed by atoms with Gasteiger partial charge in [-0.1, -0.05) is 263 Å². The molecule has 0 spiro atoms. The Morgan fingerprint density at radius 1 is 0.298 bits per heavy atom. The molecule has 0 amide bonds. The molecule has 0 aliphatic heterocycles. The minimum absolute atomic E-state index is 0.0862. The van der Waals surface area contributed by atoms with E-state index in [9.17, 15) is 43.2 Å². The molecule has 0 saturated carbocycles. The van der Waals surface area contributed by atoms with E-state index in [1.165, 1.54) is 128 Å². The molecule has 0 rings (SSSR count). The number of allylic oxidation sites excluding steroid dienone is 8. The van der Waals surface area contributed by atoms with Crippen LogP contribution in [0, 0.1) is 0 Å². The molecule has 0 bridgehead atoms. The maximum Gasteiger partial charge on any atom is 0.472 e. The fraction of sp³-hybridized carbons (Fsp3) is 0.840. The second-order valence-corrected chi connectivity index (χ2v) is 28.5. The van der Waals surface area contributed by atoms with Gasteiger partial charge in [-0.05, 0) is 109 Å². The number of carbonyl (C=O) groups excluding carboxylic acids is 4. The topological polar surface area (TPSA) is 237 Å². The number of aliphatic hydroxyl groups excluding tert-OH is 1. The van der Waals surface area contributed by atoms with E-state index in [0.29, 0.717) is 25.7 Å². The summed E-state index contributed by atoms with van der Waals surface area (Å²) < 4.78 is 68.4. The summed E-state index contributed by atoms with van der Waals surface area (Å²) in [7, 11) is -9.93. The summed E-state index contributed by atoms with van der Waals surface area (Å²) in [5, 5.41) is 10.6. The van der Waals surface area contributed by atoms with Crippen molar-refractivity contribution in [2.45, 2.75) is 367 Å². The molecule has 0 aromatic heterocycles. The molecule has 0 aliphatic rings. The van der Waals surface area contributed by atoms with Crippen LogP contribution in [0.15, 0.2) is 48.6 Å². The Hall–Kier alpha value is -2.98. The number of hydrogen-bond donors (Lipinski definition) is 3. The van der Waals surface area contributed by atoms with Gasteiger partial charge in [-0.2, -0.15) is 0 Å². The molecule has 0 saturated heterocycles. The van der Waals surface area contributed by atoms with Crippen molar-refractivity contribution in [1.82, 2.24) is 0 Å². The zero-order chi connectivity index (χ0) is 69.0. The first-order valence-electron chi connectivity index (χ1n) is 37.9. The van der Waals surface area contributed by atoms with Gasteiger partial charge in [0.2, 0.25) is 0 Å². The third kappa shape index (κ3) is 67.6. The van der Waals surface area contributed by atoms with Gasteiger partial charge in [-0.3, -0.25) is 37.3 Å². The smallest absolute Gasteiger partial charge is 0.462 e. The lowest BCUT2D eigenvalue weighted by molar-refractivity contribution is -0.161. The minimum atomic E-state index is -4.97. The molecular formula is C75H138O17P2. The summed E-state index contributed by atoms with van der Waals surface area (Å²) in [5.74, 6) is -2.18. The summed E-state index contributed by atoms with van der Waals surface area (Å²) in [6, 6.07) is 0. The number of aliphatic hydroxyl groups is 1. The van der Waals surface area contributed by atoms with Crippen LogP contribution in [0.2, 0.25) is 0 Å². The number of unbranched alkanes of at least 4 members (excludes halogenated alkanes) is 38. The van der Waals surface area contributed by atoms with Crippen molar-refractivity contribution >= 4 is 39.5 Å². The first-order chi connectivity index (χ1) is 45.7. The van der Waals surface area contributed by atoms with Crippen molar-refractivity contribution in [2.24, 2.45) is 0 Å². The standard InChI is InChI=1S/C75H138O17P2/c1-5-9-13-17-21-25-29-33-34-38-40-44-48-52-56-60-73(78)86-66-71(92-75(80)62-58-54-50-46-42-37-32-28-24-20-16-12-8-4)68-90-94(83,84)88-64-69(76)63-87-93(81,82)89-67-70(91-74(79)61-57-53-49-45-41-36-31-27-23-19-15-11-7-3)65-85-72(77)59-55-51-47-43-39-35-30-26-22-18-14-10-6-2/h21,25,27-28,31-34,69-71,76H,5-20,22-24,26,29-30,35-68H2,1-4H3,(H,81,82)(H,83,84)/b25-21-,31-27-,32-28-,34-33-/t69-,70-,71-/m1/s1. The molecule has 550 valence electrons. The fourth-order valence-corrected chi connectivity index (χ4v) is 12.0. The molecule has 19 heteroatoms. The zero-order valence-corrected chi connectivity index (χ0v) is 61.7. The van der Waals surface area contributed by atoms with E-state index in [1.807, 2.05) is 0 Å². The van der Waals surface area contributed by atoms with Crippen molar-refractivity contribution in [3.8, 4) is 0 Å². The molecule has 0 aromatic rings. The molecule has 0 aromatic carbocycles. The molecular weight excluding hydrogens is 1230 g/mol. The van der Waals surface area contributed by atoms with Crippen molar-refractivity contribution in [3.63, 3.8) is 0 Å². The van der Waals surface area contributed by atoms with E-state index in [4.69, 9.17) is 37.0 Å². The molecule has 17 nitrogen and oxygen atoms in total. The van der Waals surface area contributed by atoms with Gasteiger partial charge in [0.25, 0.3) is 0 Å². The average molecular weight is 1370 g/mol. The zero-order valence-electron chi connectivity index (χ0n) is 59.9. The van der Waals surface area contributed by atoms with E-state index < -0.39 is 97.5 Å². The van der Waals surface area contributed by atoms with Crippen molar-refractivity contribution in [2.75, 3.05) is 39.6 Å². The van der Waals surface area contributed by atoms with Crippen molar-refractivity contribution < 1.29 is 80.2 Å². The fourth-order valence-electron chi connectivity index (χ4n) is 10.4. The van der Waals surface area contributed by atoms with Crippen LogP contribution >= 0.6 is 15.6 Å². The highest BCUT2D eigenvalue weighted by Gasteiger charge is 2.30. The average Bonchev–Trinajstić information content (AvgIpc) is 1.67. The van der Waals surface area contributed by atoms with Gasteiger partial charge >= 0.3 is 39.5 Å². The number of ether oxygens (including phenoxy) is 4. The van der Waals surface area contributed by atoms with Gasteiger partial charge in [0.05, 0.1) is 26.4 Å². The Balaban J connectivity index is 5.32. The maximum absolute atomic E-state index is 13.0. The highest BCUT2D eigenvalue weighted by atomic mass is 31.2. The summed E-state index contributed by atoms with van der Waals surface area (Å²) in [6.45, 7) is 4.83. The Morgan fingerprint density at radius 3 is 0.830 bits per heavy atom. The summed E-state index contributed by atoms with van der Waals surface area (Å²) in [4.78, 5) is 72.7. The van der Waals surface area contributed by atoms with Gasteiger partial charge in [-0.25, -0.2) is 9.13 Å². The van der Waals surface area contributed by atoms with E-state index in [2.05, 4.69) is 76.3 Å². The third-order valence-electron chi connectivity index (χ3n) is 16.3. The SMILES string of the molecule is CCCCC/C=C\C/C=C\CCCCCCCC(=O)OC[C@H](COP(=O)(O)OC[C@H](O)COP(=O)(O)OC[C@@H](COC(=O)CCCCCCCCCCCCCCC)OC(=O)CCCCCCC/C=C\CCCCCC)OC(=O)CCCCCCC/C=C\CCCCCC. The van der Waals surface area contributed by atoms with E-state index in [0.717, 1.165) is 141 Å². The Morgan fingerprint density at radius 2 is 0.521 bits per heavy atom. The number of phosphoric acid groups is 2. The van der Waals surface area contributed by atoms with E-state index >= 15 is 0 Å². The Kier molecular flexibility index (Phi) is 66.4. The number of phosphoric ester groups is 2. The molecule has 5 atom stereocenters. The predicted octanol–water partition coefficient (Wildman–Crippen LogP) is 21.3. The monoisotopic (exact) mass is 1370 g/mol. The largest absolute Gasteiger partial charge is 0.472 e. The van der Waals surface area contributed by atoms with Crippen LogP contribution < -0.4 is 0 Å².